The van der Waals surface area contributed by atoms with Gasteiger partial charge in [0.1, 0.15) is 48.1 Å². The molecular formula is C45H71Cl2N15O12. The molecule has 3 rings (SSSR count). The Bertz CT molecular complexity index is 2240. The highest BCUT2D eigenvalue weighted by Crippen LogP contribution is 2.25. The van der Waals surface area contributed by atoms with E-state index in [-0.39, 0.29) is 85.8 Å². The lowest BCUT2D eigenvalue weighted by atomic mass is 9.95. The van der Waals surface area contributed by atoms with Crippen molar-refractivity contribution in [3.8, 4) is 0 Å². The van der Waals surface area contributed by atoms with Gasteiger partial charge in [0.15, 0.2) is 5.96 Å². The zero-order valence-electron chi connectivity index (χ0n) is 41.4. The van der Waals surface area contributed by atoms with Crippen LogP contribution >= 0.6 is 23.2 Å². The summed E-state index contributed by atoms with van der Waals surface area (Å²) in [6.07, 6.45) is -4.32. The van der Waals surface area contributed by atoms with Crippen LogP contribution in [-0.2, 0) is 38.4 Å². The first-order chi connectivity index (χ1) is 35.0. The Hall–Kier alpha value is -6.20. The monoisotopic (exact) mass is 1080 g/mol. The summed E-state index contributed by atoms with van der Waals surface area (Å²) >= 11 is 12.2. The lowest BCUT2D eigenvalue weighted by Crippen LogP contribution is -2.64. The molecule has 2 heterocycles. The third-order valence-corrected chi connectivity index (χ3v) is 12.6. The fourth-order valence-electron chi connectivity index (χ4n) is 7.83. The molecule has 2 saturated heterocycles. The highest BCUT2D eigenvalue weighted by molar-refractivity contribution is 6.42. The van der Waals surface area contributed by atoms with Gasteiger partial charge in [0.25, 0.3) is 11.8 Å². The minimum Gasteiger partial charge on any atom is -0.389 e. The maximum absolute atomic E-state index is 14.2. The summed E-state index contributed by atoms with van der Waals surface area (Å²) in [5, 5.41) is 53.0. The van der Waals surface area contributed by atoms with Crippen molar-refractivity contribution in [2.45, 2.75) is 114 Å². The number of aliphatic hydroxyl groups is 3. The van der Waals surface area contributed by atoms with Crippen molar-refractivity contribution in [2.75, 3.05) is 45.8 Å². The van der Waals surface area contributed by atoms with Gasteiger partial charge < -0.3 is 91.4 Å². The van der Waals surface area contributed by atoms with E-state index in [4.69, 9.17) is 51.9 Å². The van der Waals surface area contributed by atoms with Gasteiger partial charge in [0.05, 0.1) is 28.2 Å². The van der Waals surface area contributed by atoms with Crippen molar-refractivity contribution in [1.29, 1.82) is 0 Å². The van der Waals surface area contributed by atoms with E-state index in [2.05, 4.69) is 47.5 Å². The number of carbonyl (C=O) groups excluding carboxylic acids is 9. The van der Waals surface area contributed by atoms with Gasteiger partial charge >= 0.3 is 0 Å². The zero-order valence-corrected chi connectivity index (χ0v) is 42.9. The van der Waals surface area contributed by atoms with Crippen LogP contribution in [0.5, 0.6) is 0 Å². The topological polar surface area (TPSA) is 456 Å². The van der Waals surface area contributed by atoms with Gasteiger partial charge in [-0.15, -0.1) is 0 Å². The molecule has 10 atom stereocenters. The third kappa shape index (κ3) is 18.6. The molecular weight excluding hydrogens is 1010 g/mol. The average Bonchev–Trinajstić information content (AvgIpc) is 3.36. The first-order valence-corrected chi connectivity index (χ1v) is 24.7. The van der Waals surface area contributed by atoms with Crippen LogP contribution < -0.4 is 71.2 Å². The van der Waals surface area contributed by atoms with Crippen molar-refractivity contribution in [3.05, 3.63) is 45.6 Å². The molecule has 27 nitrogen and oxygen atoms in total. The molecule has 0 bridgehead atoms. The highest BCUT2D eigenvalue weighted by atomic mass is 35.5. The van der Waals surface area contributed by atoms with E-state index in [0.717, 1.165) is 6.08 Å². The van der Waals surface area contributed by atoms with Crippen molar-refractivity contribution < 1.29 is 58.5 Å². The molecule has 74 heavy (non-hydrogen) atoms. The van der Waals surface area contributed by atoms with Crippen molar-refractivity contribution in [3.63, 3.8) is 0 Å². The minimum absolute atomic E-state index is 0.00886. The van der Waals surface area contributed by atoms with Crippen LogP contribution in [0.2, 0.25) is 10.0 Å². The summed E-state index contributed by atoms with van der Waals surface area (Å²) in [5.41, 5.74) is 27.9. The van der Waals surface area contributed by atoms with E-state index in [1.807, 2.05) is 0 Å². The number of piperidine rings is 1. The zero-order chi connectivity index (χ0) is 55.4. The summed E-state index contributed by atoms with van der Waals surface area (Å²) in [4.78, 5) is 131. The Morgan fingerprint density at radius 1 is 0.824 bits per heavy atom. The van der Waals surface area contributed by atoms with E-state index < -0.39 is 139 Å². The molecule has 1 aromatic rings. The van der Waals surface area contributed by atoms with Crippen LogP contribution in [0.1, 0.15) is 69.7 Å². The fourth-order valence-corrected chi connectivity index (χ4v) is 8.13. The van der Waals surface area contributed by atoms with Crippen LogP contribution in [0, 0.1) is 11.8 Å². The maximum atomic E-state index is 14.2. The molecule has 412 valence electrons. The Morgan fingerprint density at radius 2 is 1.42 bits per heavy atom. The molecule has 2 aliphatic heterocycles. The number of allylic oxidation sites excluding steroid dienone is 1. The minimum atomic E-state index is -2.04. The molecule has 1 aromatic carbocycles. The molecule has 0 saturated carbocycles. The molecule has 9 amide bonds. The third-order valence-electron chi connectivity index (χ3n) is 11.9. The van der Waals surface area contributed by atoms with Gasteiger partial charge in [-0.3, -0.25) is 48.1 Å². The number of rotatable bonds is 15. The number of nitrogens with two attached hydrogens (primary N) is 5. The number of β-amino-alcohol motifs (C(OH)–C–C–N with tert-alkyl or cyclic N) is 1. The van der Waals surface area contributed by atoms with Gasteiger partial charge in [-0.1, -0.05) is 43.1 Å². The average molecular weight is 1090 g/mol. The number of halogens is 2. The van der Waals surface area contributed by atoms with Gasteiger partial charge in [-0.05, 0) is 76.1 Å². The second kappa shape index (κ2) is 30.2. The largest absolute Gasteiger partial charge is 0.389 e. The smallest absolute Gasteiger partial charge is 0.268 e. The predicted octanol–water partition coefficient (Wildman–Crippen LogP) is -5.65. The second-order valence-corrected chi connectivity index (χ2v) is 18.9. The highest BCUT2D eigenvalue weighted by Gasteiger charge is 2.39. The number of likely N-dealkylation sites (tertiary alicyclic amines) is 1. The molecule has 29 heteroatoms. The molecule has 7 unspecified atom stereocenters. The summed E-state index contributed by atoms with van der Waals surface area (Å²) in [5.74, 6) is -10.3. The van der Waals surface area contributed by atoms with Crippen molar-refractivity contribution >= 4 is 82.3 Å². The Balaban J connectivity index is 2.11. The number of amides is 9. The van der Waals surface area contributed by atoms with Crippen LogP contribution in [0.25, 0.3) is 0 Å². The van der Waals surface area contributed by atoms with Crippen LogP contribution in [0.15, 0.2) is 35.0 Å². The van der Waals surface area contributed by atoms with E-state index in [9.17, 15) is 58.5 Å². The number of guanidine groups is 1. The Morgan fingerprint density at radius 3 is 2.01 bits per heavy atom. The first-order valence-electron chi connectivity index (χ1n) is 24.0. The summed E-state index contributed by atoms with van der Waals surface area (Å²) in [7, 11) is 0. The second-order valence-electron chi connectivity index (χ2n) is 18.1. The van der Waals surface area contributed by atoms with E-state index in [0.29, 0.717) is 6.42 Å². The van der Waals surface area contributed by atoms with E-state index >= 15 is 0 Å². The van der Waals surface area contributed by atoms with Gasteiger partial charge in [0.2, 0.25) is 41.4 Å². The van der Waals surface area contributed by atoms with E-state index in [1.54, 1.807) is 13.8 Å². The number of aliphatic hydroxyl groups excluding tert-OH is 3. The van der Waals surface area contributed by atoms with Crippen LogP contribution in [0.3, 0.4) is 0 Å². The predicted molar refractivity (Wildman–Crippen MR) is 271 cm³/mol. The lowest BCUT2D eigenvalue weighted by molar-refractivity contribution is -0.138. The lowest BCUT2D eigenvalue weighted by Gasteiger charge is -2.33. The van der Waals surface area contributed by atoms with Gasteiger partial charge in [-0.2, -0.15) is 0 Å². The van der Waals surface area contributed by atoms with Crippen LogP contribution in [0.4, 0.5) is 0 Å². The molecule has 2 fully saturated rings. The number of nitrogens with zero attached hydrogens (tertiary/aromatic N) is 2. The molecule has 21 N–H and O–H groups in total. The number of carbonyl (C=O) groups is 9. The number of aliphatic imine (C=N–C) groups is 1. The number of hydrogen-bond donors (Lipinski definition) is 16. The number of hydrogen-bond acceptors (Lipinski definition) is 16. The SMILES string of the molecule is C/C=C1\NC(=O)C(NC(=O)C2CCCN(C(=O)c3ccc(Cl)c(Cl)c3)C2)C(O)CNC(=O)C(C(O)CN)NC(=O)C(C(O)CN)NC(=O)[C@H](CCCN=C(N)N)NC(=O)[C@H](CC(C)C)NC(=O)[C@H](CCN)NC1=O. The molecule has 0 aliphatic carbocycles. The van der Waals surface area contributed by atoms with Crippen LogP contribution in [-0.4, -0.2) is 180 Å². The Labute approximate surface area is 437 Å². The van der Waals surface area contributed by atoms with Gasteiger partial charge in [0, 0.05) is 44.8 Å². The summed E-state index contributed by atoms with van der Waals surface area (Å²) < 4.78 is 0. The Kier molecular flexibility index (Phi) is 25.4. The molecule has 2 aliphatic rings. The quantitative estimate of drug-likeness (QED) is 0.0337. The van der Waals surface area contributed by atoms with E-state index in [1.165, 1.54) is 30.0 Å². The van der Waals surface area contributed by atoms with Crippen molar-refractivity contribution in [2.24, 2.45) is 45.5 Å². The fraction of sp³-hybridized carbons (Fsp3) is 0.600. The van der Waals surface area contributed by atoms with Gasteiger partial charge in [-0.25, -0.2) is 0 Å². The first kappa shape index (κ1) is 62.1. The molecule has 0 spiro atoms. The van der Waals surface area contributed by atoms with Crippen molar-refractivity contribution in [1.82, 2.24) is 47.4 Å². The summed E-state index contributed by atoms with van der Waals surface area (Å²) in [6, 6.07) is -5.92. The number of nitrogens with one attached hydrogen (secondary N) is 8. The molecule has 0 radical (unpaired) electrons. The maximum Gasteiger partial charge on any atom is 0.268 e. The standard InChI is InChI=1S/C45H71Cl2N15O12/c1-4-26-37(67)57-28(11-12-48)38(68)58-29(15-21(2)3)40(70)56-27(8-5-13-53-45(51)52)39(69)60-34(31(64)18-50)43(73)61-33(30(63)17-49)41(71)54-19-32(65)35(42(72)55-26)59-36(66)23-7-6-14-62(20-23)44(74)22-9-10-24(46)25(47)16-22/h4,9-10,16,21,23,27-35,63-65H,5-8,11-15,17-20,48-50H2,1-3H3,(H,54,71)(H,55,72)(H,56,70)(H,57,67)(H,58,68)(H,59,66)(H,60,69)(H,61,73)(H4,51,52,53)/b26-4-/t23?,27-,28-,29-,30?,31?,32?,33?,34?,35?/m0/s1. The normalized spacial score (nSPS) is 25.8. The summed E-state index contributed by atoms with van der Waals surface area (Å²) in [6.45, 7) is 2.61. The molecule has 0 aromatic heterocycles. The number of benzene rings is 1.